The van der Waals surface area contributed by atoms with E-state index in [4.69, 9.17) is 11.6 Å². The third-order valence-electron chi connectivity index (χ3n) is 3.17. The van der Waals surface area contributed by atoms with Crippen molar-refractivity contribution in [1.82, 2.24) is 4.57 Å². The highest BCUT2D eigenvalue weighted by molar-refractivity contribution is 7.91. The van der Waals surface area contributed by atoms with Crippen LogP contribution in [0.3, 0.4) is 0 Å². The average Bonchev–Trinajstić information content (AvgIpc) is 2.54. The molecule has 0 N–H and O–H groups in total. The first-order valence-corrected chi connectivity index (χ1v) is 7.86. The number of benzene rings is 1. The Hall–Kier alpha value is -1.00. The lowest BCUT2D eigenvalue weighted by atomic mass is 10.2. The van der Waals surface area contributed by atoms with E-state index in [1.54, 1.807) is 13.8 Å². The monoisotopic (exact) mass is 285 g/mol. The van der Waals surface area contributed by atoms with Crippen LogP contribution in [0.5, 0.6) is 0 Å². The van der Waals surface area contributed by atoms with E-state index in [0.717, 1.165) is 16.6 Å². The molecule has 0 spiro atoms. The second-order valence-corrected chi connectivity index (χ2v) is 7.75. The third kappa shape index (κ3) is 2.40. The molecule has 0 amide bonds. The first-order valence-electron chi connectivity index (χ1n) is 5.76. The van der Waals surface area contributed by atoms with Gasteiger partial charge in [-0.15, -0.1) is 0 Å². The minimum Gasteiger partial charge on any atom is -0.347 e. The Morgan fingerprint density at radius 1 is 1.28 bits per heavy atom. The van der Waals surface area contributed by atoms with Crippen LogP contribution < -0.4 is 0 Å². The largest absolute Gasteiger partial charge is 0.347 e. The average molecular weight is 286 g/mol. The van der Waals surface area contributed by atoms with Gasteiger partial charge in [0.25, 0.3) is 0 Å². The molecule has 18 heavy (non-hydrogen) atoms. The Morgan fingerprint density at radius 3 is 2.56 bits per heavy atom. The fraction of sp³-hybridized carbons (Fsp3) is 0.385. The smallest absolute Gasteiger partial charge is 0.158 e. The summed E-state index contributed by atoms with van der Waals surface area (Å²) in [6.07, 6.45) is 0. The minimum atomic E-state index is -3.09. The van der Waals surface area contributed by atoms with Crippen molar-refractivity contribution in [2.24, 2.45) is 7.05 Å². The number of rotatable bonds is 3. The van der Waals surface area contributed by atoms with Crippen LogP contribution in [-0.2, 0) is 22.6 Å². The number of halogens is 1. The normalized spacial score (nSPS) is 12.5. The molecule has 2 aromatic rings. The number of aromatic nitrogens is 1. The highest BCUT2D eigenvalue weighted by Crippen LogP contribution is 2.24. The molecule has 0 fully saturated rings. The summed E-state index contributed by atoms with van der Waals surface area (Å²) in [6.45, 7) is 3.41. The summed E-state index contributed by atoms with van der Waals surface area (Å²) in [5, 5.41) is 1.27. The SMILES string of the molecule is CC(C)S(=O)(=O)Cc1cc2cc(Cl)ccc2n1C. The van der Waals surface area contributed by atoms with E-state index < -0.39 is 9.84 Å². The summed E-state index contributed by atoms with van der Waals surface area (Å²) < 4.78 is 25.8. The van der Waals surface area contributed by atoms with Crippen LogP contribution in [0, 0.1) is 0 Å². The van der Waals surface area contributed by atoms with Crippen molar-refractivity contribution in [2.75, 3.05) is 0 Å². The molecule has 5 heteroatoms. The van der Waals surface area contributed by atoms with Gasteiger partial charge in [-0.1, -0.05) is 11.6 Å². The molecule has 0 aliphatic heterocycles. The molecular formula is C13H16ClNO2S. The Morgan fingerprint density at radius 2 is 1.94 bits per heavy atom. The number of fused-ring (bicyclic) bond motifs is 1. The van der Waals surface area contributed by atoms with E-state index in [1.807, 2.05) is 35.9 Å². The van der Waals surface area contributed by atoms with E-state index in [0.29, 0.717) is 5.02 Å². The quantitative estimate of drug-likeness (QED) is 0.869. The van der Waals surface area contributed by atoms with Crippen molar-refractivity contribution >= 4 is 32.3 Å². The van der Waals surface area contributed by atoms with Crippen LogP contribution in [0.25, 0.3) is 10.9 Å². The van der Waals surface area contributed by atoms with Crippen LogP contribution in [-0.4, -0.2) is 18.2 Å². The zero-order valence-corrected chi connectivity index (χ0v) is 12.2. The Bertz CT molecular complexity index is 686. The predicted molar refractivity (Wildman–Crippen MR) is 75.7 cm³/mol. The molecule has 3 nitrogen and oxygen atoms in total. The molecule has 0 aliphatic carbocycles. The van der Waals surface area contributed by atoms with Gasteiger partial charge in [-0.2, -0.15) is 0 Å². The summed E-state index contributed by atoms with van der Waals surface area (Å²) in [7, 11) is -1.21. The van der Waals surface area contributed by atoms with Gasteiger partial charge in [0.05, 0.1) is 11.0 Å². The maximum Gasteiger partial charge on any atom is 0.158 e. The van der Waals surface area contributed by atoms with Gasteiger partial charge in [0, 0.05) is 28.7 Å². The first kappa shape index (κ1) is 13.4. The van der Waals surface area contributed by atoms with Crippen LogP contribution in [0.4, 0.5) is 0 Å². The van der Waals surface area contributed by atoms with Crippen LogP contribution in [0.2, 0.25) is 5.02 Å². The first-order chi connectivity index (χ1) is 8.31. The summed E-state index contributed by atoms with van der Waals surface area (Å²) in [5.41, 5.74) is 1.79. The lowest BCUT2D eigenvalue weighted by molar-refractivity contribution is 0.585. The molecule has 0 unspecified atom stereocenters. The second kappa shape index (κ2) is 4.59. The van der Waals surface area contributed by atoms with Crippen LogP contribution >= 0.6 is 11.6 Å². The molecule has 1 aromatic heterocycles. The summed E-state index contributed by atoms with van der Waals surface area (Å²) >= 11 is 5.94. The number of sulfone groups is 1. The van der Waals surface area contributed by atoms with Crippen molar-refractivity contribution in [1.29, 1.82) is 0 Å². The van der Waals surface area contributed by atoms with Gasteiger partial charge in [0.2, 0.25) is 0 Å². The fourth-order valence-electron chi connectivity index (χ4n) is 1.89. The molecule has 0 saturated heterocycles. The van der Waals surface area contributed by atoms with Gasteiger partial charge in [-0.25, -0.2) is 8.42 Å². The van der Waals surface area contributed by atoms with Gasteiger partial charge in [0.15, 0.2) is 9.84 Å². The lowest BCUT2D eigenvalue weighted by Gasteiger charge is -2.08. The van der Waals surface area contributed by atoms with E-state index in [9.17, 15) is 8.42 Å². The number of aryl methyl sites for hydroxylation is 1. The predicted octanol–water partition coefficient (Wildman–Crippen LogP) is 3.15. The second-order valence-electron chi connectivity index (χ2n) is 4.75. The molecule has 0 saturated carbocycles. The van der Waals surface area contributed by atoms with Gasteiger partial charge in [0.1, 0.15) is 0 Å². The maximum absolute atomic E-state index is 12.0. The topological polar surface area (TPSA) is 39.1 Å². The molecule has 0 bridgehead atoms. The molecule has 0 radical (unpaired) electrons. The number of hydrogen-bond acceptors (Lipinski definition) is 2. The van der Waals surface area contributed by atoms with Crippen molar-refractivity contribution in [2.45, 2.75) is 24.9 Å². The number of nitrogens with zero attached hydrogens (tertiary/aromatic N) is 1. The van der Waals surface area contributed by atoms with E-state index in [2.05, 4.69) is 0 Å². The summed E-state index contributed by atoms with van der Waals surface area (Å²) in [6, 6.07) is 7.46. The standard InChI is InChI=1S/C13H16ClNO2S/c1-9(2)18(16,17)8-12-7-10-6-11(14)4-5-13(10)15(12)3/h4-7,9H,8H2,1-3H3. The van der Waals surface area contributed by atoms with E-state index >= 15 is 0 Å². The summed E-state index contributed by atoms with van der Waals surface area (Å²) in [4.78, 5) is 0. The minimum absolute atomic E-state index is 0.0630. The highest BCUT2D eigenvalue weighted by atomic mass is 35.5. The van der Waals surface area contributed by atoms with Crippen molar-refractivity contribution in [3.63, 3.8) is 0 Å². The molecule has 0 atom stereocenters. The fourth-order valence-corrected chi connectivity index (χ4v) is 3.09. The van der Waals surface area contributed by atoms with Crippen molar-refractivity contribution in [3.05, 3.63) is 35.0 Å². The van der Waals surface area contributed by atoms with Crippen LogP contribution in [0.1, 0.15) is 19.5 Å². The van der Waals surface area contributed by atoms with Gasteiger partial charge in [-0.05, 0) is 38.1 Å². The number of hydrogen-bond donors (Lipinski definition) is 0. The Labute approximate surface area is 112 Å². The van der Waals surface area contributed by atoms with Gasteiger partial charge in [-0.3, -0.25) is 0 Å². The maximum atomic E-state index is 12.0. The highest BCUT2D eigenvalue weighted by Gasteiger charge is 2.19. The molecular weight excluding hydrogens is 270 g/mol. The molecule has 1 aromatic carbocycles. The van der Waals surface area contributed by atoms with Gasteiger partial charge >= 0.3 is 0 Å². The lowest BCUT2D eigenvalue weighted by Crippen LogP contribution is -2.17. The zero-order chi connectivity index (χ0) is 13.5. The summed E-state index contributed by atoms with van der Waals surface area (Å²) in [5.74, 6) is 0.0630. The van der Waals surface area contributed by atoms with Crippen LogP contribution in [0.15, 0.2) is 24.3 Å². The van der Waals surface area contributed by atoms with E-state index in [-0.39, 0.29) is 11.0 Å². The Kier molecular flexibility index (Phi) is 3.43. The molecule has 2 rings (SSSR count). The zero-order valence-electron chi connectivity index (χ0n) is 10.6. The third-order valence-corrected chi connectivity index (χ3v) is 5.54. The van der Waals surface area contributed by atoms with Crippen molar-refractivity contribution in [3.8, 4) is 0 Å². The Balaban J connectivity index is 2.50. The molecule has 1 heterocycles. The van der Waals surface area contributed by atoms with Gasteiger partial charge < -0.3 is 4.57 Å². The molecule has 0 aliphatic rings. The molecule has 98 valence electrons. The van der Waals surface area contributed by atoms with E-state index in [1.165, 1.54) is 0 Å². The van der Waals surface area contributed by atoms with Crippen molar-refractivity contribution < 1.29 is 8.42 Å².